The Labute approximate surface area is 78.2 Å². The third-order valence-electron chi connectivity index (χ3n) is 1.91. The SMILES string of the molecule is CCOC(=O)CC(C)C1OCCO1. The molecule has 0 aliphatic carbocycles. The first-order chi connectivity index (χ1) is 6.24. The summed E-state index contributed by atoms with van der Waals surface area (Å²) in [5, 5.41) is 0. The topological polar surface area (TPSA) is 44.8 Å². The molecule has 0 N–H and O–H groups in total. The Kier molecular flexibility index (Phi) is 4.18. The number of carbonyl (C=O) groups is 1. The molecule has 13 heavy (non-hydrogen) atoms. The minimum atomic E-state index is -0.232. The maximum Gasteiger partial charge on any atom is 0.306 e. The van der Waals surface area contributed by atoms with E-state index in [-0.39, 0.29) is 18.2 Å². The van der Waals surface area contributed by atoms with Crippen molar-refractivity contribution in [2.75, 3.05) is 19.8 Å². The second-order valence-electron chi connectivity index (χ2n) is 3.10. The van der Waals surface area contributed by atoms with Gasteiger partial charge in [0.2, 0.25) is 0 Å². The third kappa shape index (κ3) is 3.32. The van der Waals surface area contributed by atoms with E-state index in [1.807, 2.05) is 6.92 Å². The second-order valence-corrected chi connectivity index (χ2v) is 3.10. The minimum Gasteiger partial charge on any atom is -0.466 e. The lowest BCUT2D eigenvalue weighted by atomic mass is 10.1. The van der Waals surface area contributed by atoms with Crippen molar-refractivity contribution in [2.24, 2.45) is 5.92 Å². The molecule has 0 aromatic heterocycles. The van der Waals surface area contributed by atoms with Gasteiger partial charge in [0.25, 0.3) is 0 Å². The van der Waals surface area contributed by atoms with E-state index in [2.05, 4.69) is 0 Å². The molecule has 1 unspecified atom stereocenters. The molecular weight excluding hydrogens is 172 g/mol. The first-order valence-electron chi connectivity index (χ1n) is 4.63. The van der Waals surface area contributed by atoms with Crippen LogP contribution in [0, 0.1) is 5.92 Å². The Morgan fingerprint density at radius 2 is 2.15 bits per heavy atom. The van der Waals surface area contributed by atoms with E-state index in [0.717, 1.165) is 0 Å². The predicted octanol–water partition coefficient (Wildman–Crippen LogP) is 0.949. The summed E-state index contributed by atoms with van der Waals surface area (Å²) in [6, 6.07) is 0. The van der Waals surface area contributed by atoms with Crippen molar-refractivity contribution < 1.29 is 19.0 Å². The number of rotatable bonds is 4. The van der Waals surface area contributed by atoms with E-state index in [0.29, 0.717) is 26.2 Å². The summed E-state index contributed by atoms with van der Waals surface area (Å²) in [5.74, 6) is -0.115. The van der Waals surface area contributed by atoms with Gasteiger partial charge in [-0.2, -0.15) is 0 Å². The van der Waals surface area contributed by atoms with Gasteiger partial charge in [0.05, 0.1) is 26.2 Å². The van der Waals surface area contributed by atoms with Crippen LogP contribution in [0.3, 0.4) is 0 Å². The standard InChI is InChI=1S/C9H16O4/c1-3-11-8(10)6-7(2)9-12-4-5-13-9/h7,9H,3-6H2,1-2H3. The molecule has 0 spiro atoms. The van der Waals surface area contributed by atoms with Crippen LogP contribution in [-0.4, -0.2) is 32.1 Å². The second kappa shape index (κ2) is 5.19. The lowest BCUT2D eigenvalue weighted by Gasteiger charge is -2.16. The van der Waals surface area contributed by atoms with Crippen molar-refractivity contribution in [3.63, 3.8) is 0 Å². The van der Waals surface area contributed by atoms with Crippen LogP contribution in [-0.2, 0) is 19.0 Å². The predicted molar refractivity (Wildman–Crippen MR) is 46.1 cm³/mol. The van der Waals surface area contributed by atoms with Gasteiger partial charge < -0.3 is 14.2 Å². The Hall–Kier alpha value is -0.610. The van der Waals surface area contributed by atoms with Crippen molar-refractivity contribution in [2.45, 2.75) is 26.6 Å². The molecule has 4 nitrogen and oxygen atoms in total. The van der Waals surface area contributed by atoms with Crippen molar-refractivity contribution in [1.29, 1.82) is 0 Å². The molecule has 0 aromatic carbocycles. The molecule has 0 amide bonds. The molecule has 4 heteroatoms. The van der Waals surface area contributed by atoms with Gasteiger partial charge in [-0.25, -0.2) is 0 Å². The number of hydrogen-bond donors (Lipinski definition) is 0. The van der Waals surface area contributed by atoms with E-state index in [1.165, 1.54) is 0 Å². The molecular formula is C9H16O4. The summed E-state index contributed by atoms with van der Waals surface area (Å²) < 4.78 is 15.3. The van der Waals surface area contributed by atoms with Crippen LogP contribution in [0.5, 0.6) is 0 Å². The number of esters is 1. The highest BCUT2D eigenvalue weighted by atomic mass is 16.7. The molecule has 1 fully saturated rings. The van der Waals surface area contributed by atoms with Crippen molar-refractivity contribution >= 4 is 5.97 Å². The van der Waals surface area contributed by atoms with Crippen LogP contribution in [0.2, 0.25) is 0 Å². The Balaban J connectivity index is 2.22. The number of hydrogen-bond acceptors (Lipinski definition) is 4. The molecule has 0 aromatic rings. The molecule has 1 atom stereocenters. The molecule has 0 radical (unpaired) electrons. The van der Waals surface area contributed by atoms with Gasteiger partial charge in [-0.1, -0.05) is 6.92 Å². The number of carbonyl (C=O) groups excluding carboxylic acids is 1. The smallest absolute Gasteiger partial charge is 0.306 e. The van der Waals surface area contributed by atoms with Crippen LogP contribution < -0.4 is 0 Å². The number of ether oxygens (including phenoxy) is 3. The van der Waals surface area contributed by atoms with Crippen LogP contribution in [0.25, 0.3) is 0 Å². The molecule has 1 heterocycles. The molecule has 0 saturated carbocycles. The summed E-state index contributed by atoms with van der Waals surface area (Å²) in [6.07, 6.45) is 0.128. The van der Waals surface area contributed by atoms with E-state index >= 15 is 0 Å². The normalized spacial score (nSPS) is 20.2. The van der Waals surface area contributed by atoms with E-state index in [1.54, 1.807) is 6.92 Å². The Morgan fingerprint density at radius 1 is 1.54 bits per heavy atom. The summed E-state index contributed by atoms with van der Waals surface area (Å²) in [4.78, 5) is 11.1. The van der Waals surface area contributed by atoms with Gasteiger partial charge >= 0.3 is 5.97 Å². The van der Waals surface area contributed by atoms with E-state index in [4.69, 9.17) is 14.2 Å². The highest BCUT2D eigenvalue weighted by Gasteiger charge is 2.25. The van der Waals surface area contributed by atoms with Crippen LogP contribution >= 0.6 is 0 Å². The van der Waals surface area contributed by atoms with Gasteiger partial charge in [-0.3, -0.25) is 4.79 Å². The summed E-state index contributed by atoms with van der Waals surface area (Å²) >= 11 is 0. The molecule has 1 rings (SSSR count). The third-order valence-corrected chi connectivity index (χ3v) is 1.91. The minimum absolute atomic E-state index is 0.0709. The van der Waals surface area contributed by atoms with Crippen molar-refractivity contribution in [1.82, 2.24) is 0 Å². The van der Waals surface area contributed by atoms with Crippen molar-refractivity contribution in [3.05, 3.63) is 0 Å². The average Bonchev–Trinajstić information content (AvgIpc) is 2.55. The zero-order valence-electron chi connectivity index (χ0n) is 8.12. The molecule has 1 saturated heterocycles. The lowest BCUT2D eigenvalue weighted by molar-refractivity contribution is -0.148. The Morgan fingerprint density at radius 3 is 2.69 bits per heavy atom. The maximum atomic E-state index is 11.1. The van der Waals surface area contributed by atoms with Crippen molar-refractivity contribution in [3.8, 4) is 0 Å². The Bertz CT molecular complexity index is 163. The lowest BCUT2D eigenvalue weighted by Crippen LogP contribution is -2.22. The zero-order valence-corrected chi connectivity index (χ0v) is 8.12. The quantitative estimate of drug-likeness (QED) is 0.616. The first kappa shape index (κ1) is 10.5. The van der Waals surface area contributed by atoms with E-state index < -0.39 is 0 Å². The fourth-order valence-electron chi connectivity index (χ4n) is 1.28. The molecule has 1 aliphatic heterocycles. The largest absolute Gasteiger partial charge is 0.466 e. The average molecular weight is 188 g/mol. The van der Waals surface area contributed by atoms with Gasteiger partial charge in [-0.05, 0) is 6.92 Å². The first-order valence-corrected chi connectivity index (χ1v) is 4.63. The van der Waals surface area contributed by atoms with E-state index in [9.17, 15) is 4.79 Å². The molecule has 0 bridgehead atoms. The van der Waals surface area contributed by atoms with Gasteiger partial charge in [0.1, 0.15) is 0 Å². The zero-order chi connectivity index (χ0) is 9.68. The highest BCUT2D eigenvalue weighted by Crippen LogP contribution is 2.17. The maximum absolute atomic E-state index is 11.1. The van der Waals surface area contributed by atoms with Crippen LogP contribution in [0.4, 0.5) is 0 Å². The molecule has 76 valence electrons. The fourth-order valence-corrected chi connectivity index (χ4v) is 1.28. The summed E-state index contributed by atoms with van der Waals surface area (Å²) in [5.41, 5.74) is 0. The van der Waals surface area contributed by atoms with Gasteiger partial charge in [0.15, 0.2) is 6.29 Å². The summed E-state index contributed by atoms with van der Waals surface area (Å²) in [7, 11) is 0. The monoisotopic (exact) mass is 188 g/mol. The molecule has 1 aliphatic rings. The van der Waals surface area contributed by atoms with Crippen LogP contribution in [0.1, 0.15) is 20.3 Å². The van der Waals surface area contributed by atoms with Gasteiger partial charge in [-0.15, -0.1) is 0 Å². The van der Waals surface area contributed by atoms with Gasteiger partial charge in [0, 0.05) is 5.92 Å². The van der Waals surface area contributed by atoms with Crippen LogP contribution in [0.15, 0.2) is 0 Å². The highest BCUT2D eigenvalue weighted by molar-refractivity contribution is 5.69. The summed E-state index contributed by atoms with van der Waals surface area (Å²) in [6.45, 7) is 5.39. The fraction of sp³-hybridized carbons (Fsp3) is 0.889.